The fourth-order valence-electron chi connectivity index (χ4n) is 3.86. The Morgan fingerprint density at radius 3 is 2.97 bits per heavy atom. The average Bonchev–Trinajstić information content (AvgIpc) is 3.30. The lowest BCUT2D eigenvalue weighted by Gasteiger charge is -2.28. The zero-order valence-corrected chi connectivity index (χ0v) is 16.7. The van der Waals surface area contributed by atoms with Crippen molar-refractivity contribution in [1.29, 1.82) is 0 Å². The molecule has 162 valence electrons. The van der Waals surface area contributed by atoms with Crippen LogP contribution < -0.4 is 5.32 Å². The van der Waals surface area contributed by atoms with Gasteiger partial charge in [0.1, 0.15) is 11.3 Å². The van der Waals surface area contributed by atoms with Gasteiger partial charge in [0, 0.05) is 18.4 Å². The summed E-state index contributed by atoms with van der Waals surface area (Å²) in [5.74, 6) is 0.894. The van der Waals surface area contributed by atoms with E-state index >= 15 is 0 Å². The van der Waals surface area contributed by atoms with E-state index in [1.165, 1.54) is 4.57 Å². The normalized spacial score (nSPS) is 19.5. The highest BCUT2D eigenvalue weighted by molar-refractivity contribution is 5.82. The second-order valence-corrected chi connectivity index (χ2v) is 7.52. The summed E-state index contributed by atoms with van der Waals surface area (Å²) < 4.78 is 34.3. The fourth-order valence-corrected chi connectivity index (χ4v) is 3.86. The third kappa shape index (κ3) is 3.70. The van der Waals surface area contributed by atoms with Crippen LogP contribution in [0, 0.1) is 6.92 Å². The van der Waals surface area contributed by atoms with Gasteiger partial charge >= 0.3 is 0 Å². The van der Waals surface area contributed by atoms with E-state index in [1.807, 2.05) is 6.07 Å². The van der Waals surface area contributed by atoms with Gasteiger partial charge in [-0.15, -0.1) is 5.10 Å². The molecule has 5 rings (SSSR count). The number of hydrogen-bond acceptors (Lipinski definition) is 7. The molecule has 4 aromatic heterocycles. The van der Waals surface area contributed by atoms with E-state index in [-0.39, 0.29) is 12.6 Å². The molecule has 0 radical (unpaired) electrons. The van der Waals surface area contributed by atoms with Crippen molar-refractivity contribution in [3.8, 4) is 11.3 Å². The molecule has 0 unspecified atom stereocenters. The van der Waals surface area contributed by atoms with Crippen LogP contribution in [0.4, 0.5) is 14.7 Å². The van der Waals surface area contributed by atoms with Crippen molar-refractivity contribution in [3.63, 3.8) is 0 Å². The Bertz CT molecular complexity index is 1240. The molecule has 0 aromatic carbocycles. The lowest BCUT2D eigenvalue weighted by molar-refractivity contribution is -0.0136. The standard InChI is InChI=1S/C20H21F2N7O2/c1-11-24-15-3-2-13(25-19(15)28(11)9-18(21)22)12-4-6-29-16(12)8-23-20(27-29)26-14-5-7-31-10-17(14)30/h2-4,6,8,14,17-18,30H,5,7,9-10H2,1H3,(H,26,27)/t14-,17+/m1/s1. The van der Waals surface area contributed by atoms with Crippen LogP contribution in [0.5, 0.6) is 0 Å². The number of imidazole rings is 1. The number of fused-ring (bicyclic) bond motifs is 2. The predicted molar refractivity (Wildman–Crippen MR) is 109 cm³/mol. The molecule has 0 saturated carbocycles. The highest BCUT2D eigenvalue weighted by Gasteiger charge is 2.24. The molecule has 2 N–H and O–H groups in total. The molecule has 1 saturated heterocycles. The first-order valence-corrected chi connectivity index (χ1v) is 9.99. The maximum atomic E-state index is 13.0. The monoisotopic (exact) mass is 429 g/mol. The Morgan fingerprint density at radius 1 is 1.29 bits per heavy atom. The summed E-state index contributed by atoms with van der Waals surface area (Å²) in [7, 11) is 0. The molecule has 1 aliphatic heterocycles. The average molecular weight is 429 g/mol. The minimum absolute atomic E-state index is 0.177. The highest BCUT2D eigenvalue weighted by Crippen LogP contribution is 2.26. The lowest BCUT2D eigenvalue weighted by atomic mass is 10.1. The van der Waals surface area contributed by atoms with Crippen molar-refractivity contribution in [2.75, 3.05) is 18.5 Å². The number of pyridine rings is 1. The number of hydrogen-bond donors (Lipinski definition) is 2. The number of ether oxygens (including phenoxy) is 1. The highest BCUT2D eigenvalue weighted by atomic mass is 19.3. The predicted octanol–water partition coefficient (Wildman–Crippen LogP) is 2.28. The van der Waals surface area contributed by atoms with E-state index in [4.69, 9.17) is 4.74 Å². The summed E-state index contributed by atoms with van der Waals surface area (Å²) in [5, 5.41) is 17.7. The largest absolute Gasteiger partial charge is 0.389 e. The summed E-state index contributed by atoms with van der Waals surface area (Å²) in [6, 6.07) is 5.26. The van der Waals surface area contributed by atoms with Crippen LogP contribution in [0.25, 0.3) is 27.9 Å². The molecule has 1 fully saturated rings. The van der Waals surface area contributed by atoms with E-state index in [0.717, 1.165) is 11.1 Å². The molecule has 11 heteroatoms. The number of halogens is 2. The third-order valence-corrected chi connectivity index (χ3v) is 5.44. The number of alkyl halides is 2. The molecule has 5 heterocycles. The number of aromatic nitrogens is 6. The van der Waals surface area contributed by atoms with E-state index in [1.54, 1.807) is 36.0 Å². The molecule has 0 aliphatic carbocycles. The smallest absolute Gasteiger partial charge is 0.256 e. The number of rotatable bonds is 5. The second-order valence-electron chi connectivity index (χ2n) is 7.52. The molecular formula is C20H21F2N7O2. The minimum atomic E-state index is -2.49. The summed E-state index contributed by atoms with van der Waals surface area (Å²) in [6.45, 7) is 2.09. The number of aryl methyl sites for hydroxylation is 1. The van der Waals surface area contributed by atoms with Crippen LogP contribution in [0.3, 0.4) is 0 Å². The molecule has 2 atom stereocenters. The summed E-state index contributed by atoms with van der Waals surface area (Å²) in [4.78, 5) is 13.3. The summed E-state index contributed by atoms with van der Waals surface area (Å²) >= 11 is 0. The summed E-state index contributed by atoms with van der Waals surface area (Å²) in [5.41, 5.74) is 3.11. The third-order valence-electron chi connectivity index (χ3n) is 5.44. The van der Waals surface area contributed by atoms with Gasteiger partial charge in [-0.3, -0.25) is 0 Å². The van der Waals surface area contributed by atoms with Gasteiger partial charge in [-0.2, -0.15) is 0 Å². The Balaban J connectivity index is 1.48. The topological polar surface area (TPSA) is 102 Å². The zero-order valence-electron chi connectivity index (χ0n) is 16.7. The molecule has 31 heavy (non-hydrogen) atoms. The number of nitrogens with one attached hydrogen (secondary N) is 1. The first-order chi connectivity index (χ1) is 15.0. The van der Waals surface area contributed by atoms with Crippen molar-refractivity contribution < 1.29 is 18.6 Å². The fraction of sp³-hybridized carbons (Fsp3) is 0.400. The van der Waals surface area contributed by atoms with E-state index in [2.05, 4.69) is 25.4 Å². The maximum absolute atomic E-state index is 13.0. The Hall–Kier alpha value is -3.18. The first-order valence-electron chi connectivity index (χ1n) is 9.99. The Morgan fingerprint density at radius 2 is 2.16 bits per heavy atom. The SMILES string of the molecule is Cc1nc2ccc(-c3ccn4nc(N[C@@H]5CCOC[C@@H]5O)ncc34)nc2n1CC(F)F. The van der Waals surface area contributed by atoms with E-state index < -0.39 is 19.1 Å². The number of aliphatic hydroxyl groups excluding tert-OH is 1. The van der Waals surface area contributed by atoms with Gasteiger partial charge in [-0.25, -0.2) is 28.2 Å². The Kier molecular flexibility index (Phi) is 4.98. The van der Waals surface area contributed by atoms with Crippen LogP contribution in [0.1, 0.15) is 12.2 Å². The van der Waals surface area contributed by atoms with Gasteiger partial charge < -0.3 is 19.7 Å². The molecular weight excluding hydrogens is 408 g/mol. The van der Waals surface area contributed by atoms with Gasteiger partial charge in [0.15, 0.2) is 5.65 Å². The molecule has 4 aromatic rings. The minimum Gasteiger partial charge on any atom is -0.389 e. The van der Waals surface area contributed by atoms with Gasteiger partial charge in [-0.1, -0.05) is 0 Å². The number of nitrogens with zero attached hydrogens (tertiary/aromatic N) is 6. The lowest BCUT2D eigenvalue weighted by Crippen LogP contribution is -2.42. The molecule has 0 spiro atoms. The van der Waals surface area contributed by atoms with Gasteiger partial charge in [0.05, 0.1) is 42.7 Å². The van der Waals surface area contributed by atoms with E-state index in [9.17, 15) is 13.9 Å². The second kappa shape index (κ2) is 7.82. The van der Waals surface area contributed by atoms with E-state index in [0.29, 0.717) is 41.7 Å². The molecule has 9 nitrogen and oxygen atoms in total. The Labute approximate surface area is 175 Å². The van der Waals surface area contributed by atoms with Crippen LogP contribution in [0.2, 0.25) is 0 Å². The van der Waals surface area contributed by atoms with Crippen LogP contribution in [-0.4, -0.2) is 66.0 Å². The van der Waals surface area contributed by atoms with Crippen LogP contribution >= 0.6 is 0 Å². The van der Waals surface area contributed by atoms with Crippen molar-refractivity contribution >= 4 is 22.6 Å². The molecule has 1 aliphatic rings. The quantitative estimate of drug-likeness (QED) is 0.502. The zero-order chi connectivity index (χ0) is 21.5. The van der Waals surface area contributed by atoms with Crippen molar-refractivity contribution in [1.82, 2.24) is 29.1 Å². The number of aliphatic hydroxyl groups is 1. The summed E-state index contributed by atoms with van der Waals surface area (Å²) in [6.07, 6.45) is 1.00. The van der Waals surface area contributed by atoms with Gasteiger partial charge in [0.25, 0.3) is 6.43 Å². The molecule has 0 bridgehead atoms. The van der Waals surface area contributed by atoms with Crippen molar-refractivity contribution in [3.05, 3.63) is 36.4 Å². The van der Waals surface area contributed by atoms with Gasteiger partial charge in [0.2, 0.25) is 5.95 Å². The van der Waals surface area contributed by atoms with Crippen molar-refractivity contribution in [2.24, 2.45) is 0 Å². The number of anilines is 1. The first kappa shape index (κ1) is 19.8. The molecule has 0 amide bonds. The maximum Gasteiger partial charge on any atom is 0.256 e. The van der Waals surface area contributed by atoms with Crippen molar-refractivity contribution in [2.45, 2.75) is 38.5 Å². The van der Waals surface area contributed by atoms with Gasteiger partial charge in [-0.05, 0) is 31.5 Å². The van der Waals surface area contributed by atoms with Crippen LogP contribution in [-0.2, 0) is 11.3 Å². The van der Waals surface area contributed by atoms with Crippen LogP contribution in [0.15, 0.2) is 30.6 Å².